The molecule has 0 bridgehead atoms. The van der Waals surface area contributed by atoms with Gasteiger partial charge in [0, 0.05) is 25.3 Å². The second kappa shape index (κ2) is 10.0. The molecule has 7 heteroatoms. The van der Waals surface area contributed by atoms with Gasteiger partial charge in [-0.25, -0.2) is 13.6 Å². The number of likely N-dealkylation sites (tertiary alicyclic amines) is 1. The van der Waals surface area contributed by atoms with Crippen LogP contribution in [0.2, 0.25) is 0 Å². The van der Waals surface area contributed by atoms with E-state index in [0.717, 1.165) is 19.3 Å². The summed E-state index contributed by atoms with van der Waals surface area (Å²) in [5, 5.41) is 5.56. The SMILES string of the molecule is O=C(Cc1ccccc1F)NCCC1CCN(C(=O)Nc2cccc(F)c2)CC1. The number of anilines is 1. The summed E-state index contributed by atoms with van der Waals surface area (Å²) in [6, 6.07) is 11.9. The molecule has 1 saturated heterocycles. The Morgan fingerprint density at radius 2 is 1.79 bits per heavy atom. The second-order valence-electron chi connectivity index (χ2n) is 7.28. The van der Waals surface area contributed by atoms with Gasteiger partial charge in [0.1, 0.15) is 11.6 Å². The van der Waals surface area contributed by atoms with Gasteiger partial charge in [-0.1, -0.05) is 24.3 Å². The maximum absolute atomic E-state index is 13.6. The highest BCUT2D eigenvalue weighted by molar-refractivity contribution is 5.89. The van der Waals surface area contributed by atoms with Gasteiger partial charge in [-0.3, -0.25) is 4.79 Å². The van der Waals surface area contributed by atoms with Crippen molar-refractivity contribution in [1.82, 2.24) is 10.2 Å². The van der Waals surface area contributed by atoms with E-state index >= 15 is 0 Å². The summed E-state index contributed by atoms with van der Waals surface area (Å²) in [6.07, 6.45) is 2.55. The summed E-state index contributed by atoms with van der Waals surface area (Å²) in [5.74, 6) is -0.533. The van der Waals surface area contributed by atoms with Crippen LogP contribution in [-0.2, 0) is 11.2 Å². The average molecular weight is 401 g/mol. The van der Waals surface area contributed by atoms with Crippen molar-refractivity contribution in [3.8, 4) is 0 Å². The molecule has 2 aromatic carbocycles. The normalized spacial score (nSPS) is 14.5. The van der Waals surface area contributed by atoms with E-state index in [9.17, 15) is 18.4 Å². The van der Waals surface area contributed by atoms with Crippen LogP contribution in [0.4, 0.5) is 19.3 Å². The molecule has 2 N–H and O–H groups in total. The molecule has 5 nitrogen and oxygen atoms in total. The van der Waals surface area contributed by atoms with E-state index < -0.39 is 5.82 Å². The number of carbonyl (C=O) groups is 2. The van der Waals surface area contributed by atoms with Crippen molar-refractivity contribution in [3.63, 3.8) is 0 Å². The van der Waals surface area contributed by atoms with Crippen LogP contribution in [0, 0.1) is 17.6 Å². The third kappa shape index (κ3) is 6.27. The monoisotopic (exact) mass is 401 g/mol. The van der Waals surface area contributed by atoms with Crippen LogP contribution in [0.5, 0.6) is 0 Å². The molecular formula is C22H25F2N3O2. The third-order valence-electron chi connectivity index (χ3n) is 5.16. The first-order valence-electron chi connectivity index (χ1n) is 9.83. The van der Waals surface area contributed by atoms with Gasteiger partial charge in [0.05, 0.1) is 6.42 Å². The van der Waals surface area contributed by atoms with Crippen molar-refractivity contribution in [1.29, 1.82) is 0 Å². The summed E-state index contributed by atoms with van der Waals surface area (Å²) >= 11 is 0. The Kier molecular flexibility index (Phi) is 7.16. The maximum atomic E-state index is 13.6. The quantitative estimate of drug-likeness (QED) is 0.770. The van der Waals surface area contributed by atoms with Crippen LogP contribution in [0.25, 0.3) is 0 Å². The van der Waals surface area contributed by atoms with Crippen molar-refractivity contribution in [2.75, 3.05) is 25.0 Å². The molecule has 2 aromatic rings. The number of nitrogens with zero attached hydrogens (tertiary/aromatic N) is 1. The Morgan fingerprint density at radius 1 is 1.03 bits per heavy atom. The molecule has 0 radical (unpaired) electrons. The van der Waals surface area contributed by atoms with Gasteiger partial charge in [-0.2, -0.15) is 0 Å². The minimum absolute atomic E-state index is 0.0331. The molecule has 1 aliphatic rings. The van der Waals surface area contributed by atoms with E-state index in [1.807, 2.05) is 0 Å². The van der Waals surface area contributed by atoms with Crippen LogP contribution in [0.3, 0.4) is 0 Å². The molecule has 3 amide bonds. The Hall–Kier alpha value is -2.96. The Balaban J connectivity index is 1.35. The summed E-state index contributed by atoms with van der Waals surface area (Å²) in [4.78, 5) is 26.0. The minimum atomic E-state index is -0.390. The van der Waals surface area contributed by atoms with Crippen LogP contribution in [0.1, 0.15) is 24.8 Å². The number of piperidine rings is 1. The predicted molar refractivity (Wildman–Crippen MR) is 107 cm³/mol. The number of carbonyl (C=O) groups excluding carboxylic acids is 2. The Bertz CT molecular complexity index is 851. The van der Waals surface area contributed by atoms with E-state index in [-0.39, 0.29) is 24.2 Å². The molecular weight excluding hydrogens is 376 g/mol. The van der Waals surface area contributed by atoms with Crippen LogP contribution >= 0.6 is 0 Å². The lowest BCUT2D eigenvalue weighted by atomic mass is 9.93. The van der Waals surface area contributed by atoms with Crippen LogP contribution in [-0.4, -0.2) is 36.5 Å². The molecule has 154 valence electrons. The second-order valence-corrected chi connectivity index (χ2v) is 7.28. The smallest absolute Gasteiger partial charge is 0.321 e. The third-order valence-corrected chi connectivity index (χ3v) is 5.16. The summed E-state index contributed by atoms with van der Waals surface area (Å²) in [7, 11) is 0. The first-order chi connectivity index (χ1) is 14.0. The molecule has 3 rings (SSSR count). The van der Waals surface area contributed by atoms with Crippen molar-refractivity contribution in [2.45, 2.75) is 25.7 Å². The van der Waals surface area contributed by atoms with Gasteiger partial charge in [-0.15, -0.1) is 0 Å². The topological polar surface area (TPSA) is 61.4 Å². The van der Waals surface area contributed by atoms with Gasteiger partial charge < -0.3 is 15.5 Å². The summed E-state index contributed by atoms with van der Waals surface area (Å²) < 4.78 is 26.8. The molecule has 0 saturated carbocycles. The zero-order chi connectivity index (χ0) is 20.6. The molecule has 1 aliphatic heterocycles. The largest absolute Gasteiger partial charge is 0.356 e. The summed E-state index contributed by atoms with van der Waals surface area (Å²) in [5.41, 5.74) is 0.831. The predicted octanol–water partition coefficient (Wildman–Crippen LogP) is 3.96. The minimum Gasteiger partial charge on any atom is -0.356 e. The fourth-order valence-corrected chi connectivity index (χ4v) is 3.49. The number of benzene rings is 2. The zero-order valence-electron chi connectivity index (χ0n) is 16.2. The van der Waals surface area contributed by atoms with Crippen molar-refractivity contribution >= 4 is 17.6 Å². The number of hydrogen-bond donors (Lipinski definition) is 2. The average Bonchev–Trinajstić information content (AvgIpc) is 2.70. The molecule has 0 aliphatic carbocycles. The number of amides is 3. The fourth-order valence-electron chi connectivity index (χ4n) is 3.49. The molecule has 29 heavy (non-hydrogen) atoms. The standard InChI is InChI=1S/C22H25F2N3O2/c23-18-5-3-6-19(15-18)26-22(29)27-12-9-16(10-13-27)8-11-25-21(28)14-17-4-1-2-7-20(17)24/h1-7,15-16H,8-14H2,(H,25,28)(H,26,29). The van der Waals surface area contributed by atoms with Crippen molar-refractivity contribution < 1.29 is 18.4 Å². The van der Waals surface area contributed by atoms with Gasteiger partial charge in [0.15, 0.2) is 0 Å². The highest BCUT2D eigenvalue weighted by atomic mass is 19.1. The maximum Gasteiger partial charge on any atom is 0.321 e. The van der Waals surface area contributed by atoms with E-state index in [0.29, 0.717) is 36.8 Å². The first-order valence-corrected chi connectivity index (χ1v) is 9.83. The number of nitrogens with one attached hydrogen (secondary N) is 2. The molecule has 0 spiro atoms. The van der Waals surface area contributed by atoms with Gasteiger partial charge in [0.2, 0.25) is 5.91 Å². The molecule has 1 heterocycles. The van der Waals surface area contributed by atoms with Gasteiger partial charge in [-0.05, 0) is 55.0 Å². The van der Waals surface area contributed by atoms with E-state index in [1.54, 1.807) is 35.2 Å². The zero-order valence-corrected chi connectivity index (χ0v) is 16.2. The Morgan fingerprint density at radius 3 is 2.52 bits per heavy atom. The fraction of sp³-hybridized carbons (Fsp3) is 0.364. The summed E-state index contributed by atoms with van der Waals surface area (Å²) in [6.45, 7) is 1.78. The lowest BCUT2D eigenvalue weighted by Crippen LogP contribution is -2.41. The van der Waals surface area contributed by atoms with Crippen molar-refractivity contribution in [3.05, 3.63) is 65.7 Å². The molecule has 1 fully saturated rings. The lowest BCUT2D eigenvalue weighted by Gasteiger charge is -2.32. The number of hydrogen-bond acceptors (Lipinski definition) is 2. The molecule has 0 atom stereocenters. The lowest BCUT2D eigenvalue weighted by molar-refractivity contribution is -0.120. The number of rotatable bonds is 6. The first kappa shape index (κ1) is 20.8. The Labute approximate surface area is 169 Å². The van der Waals surface area contributed by atoms with E-state index in [2.05, 4.69) is 10.6 Å². The van der Waals surface area contributed by atoms with E-state index in [4.69, 9.17) is 0 Å². The highest BCUT2D eigenvalue weighted by Crippen LogP contribution is 2.21. The number of halogens is 2. The number of urea groups is 1. The van der Waals surface area contributed by atoms with Gasteiger partial charge in [0.25, 0.3) is 0 Å². The van der Waals surface area contributed by atoms with Crippen LogP contribution in [0.15, 0.2) is 48.5 Å². The van der Waals surface area contributed by atoms with Gasteiger partial charge >= 0.3 is 6.03 Å². The molecule has 0 aromatic heterocycles. The van der Waals surface area contributed by atoms with Crippen molar-refractivity contribution in [2.24, 2.45) is 5.92 Å². The highest BCUT2D eigenvalue weighted by Gasteiger charge is 2.23. The van der Waals surface area contributed by atoms with Crippen LogP contribution < -0.4 is 10.6 Å². The molecule has 0 unspecified atom stereocenters. The van der Waals surface area contributed by atoms with E-state index in [1.165, 1.54) is 18.2 Å².